The van der Waals surface area contributed by atoms with Crippen molar-refractivity contribution in [3.05, 3.63) is 51.7 Å². The van der Waals surface area contributed by atoms with Crippen LogP contribution in [0.1, 0.15) is 22.2 Å². The maximum Gasteiger partial charge on any atom is 0.122 e. The lowest BCUT2D eigenvalue weighted by Crippen LogP contribution is -1.91. The molecule has 0 aliphatic heterocycles. The summed E-state index contributed by atoms with van der Waals surface area (Å²) >= 11 is 1.89. The van der Waals surface area contributed by atoms with Crippen molar-refractivity contribution in [3.63, 3.8) is 0 Å². The van der Waals surface area contributed by atoms with Gasteiger partial charge in [0, 0.05) is 16.2 Å². The molecule has 2 heteroatoms. The molecule has 1 nitrogen and oxygen atoms in total. The van der Waals surface area contributed by atoms with Gasteiger partial charge in [0.1, 0.15) is 5.75 Å². The van der Waals surface area contributed by atoms with Gasteiger partial charge in [0.2, 0.25) is 0 Å². The van der Waals surface area contributed by atoms with Crippen LogP contribution in [-0.4, -0.2) is 7.11 Å². The molecule has 0 atom stereocenters. The normalized spacial score (nSPS) is 10.4. The van der Waals surface area contributed by atoms with E-state index in [2.05, 4.69) is 31.2 Å². The summed E-state index contributed by atoms with van der Waals surface area (Å²) < 4.78 is 5.36. The Morgan fingerprint density at radius 1 is 1.06 bits per heavy atom. The highest BCUT2D eigenvalue weighted by atomic mass is 32.1. The van der Waals surface area contributed by atoms with Crippen molar-refractivity contribution in [3.8, 4) is 5.75 Å². The van der Waals surface area contributed by atoms with Crippen LogP contribution >= 0.6 is 11.3 Å². The predicted octanol–water partition coefficient (Wildman–Crippen LogP) is 3.91. The highest BCUT2D eigenvalue weighted by Crippen LogP contribution is 2.25. The fourth-order valence-electron chi connectivity index (χ4n) is 1.74. The van der Waals surface area contributed by atoms with Crippen LogP contribution in [0.25, 0.3) is 0 Å². The van der Waals surface area contributed by atoms with Crippen molar-refractivity contribution < 1.29 is 4.74 Å². The van der Waals surface area contributed by atoms with Gasteiger partial charge in [0.15, 0.2) is 0 Å². The third-order valence-corrected chi connectivity index (χ3v) is 3.85. The minimum absolute atomic E-state index is 0.967. The van der Waals surface area contributed by atoms with E-state index >= 15 is 0 Å². The number of thiophene rings is 1. The molecule has 1 heterocycles. The van der Waals surface area contributed by atoms with E-state index in [-0.39, 0.29) is 0 Å². The SMILES string of the molecule is CCc1ccc(Cc2ccccc2OC)s1. The van der Waals surface area contributed by atoms with E-state index in [0.29, 0.717) is 0 Å². The second-order valence-electron chi connectivity index (χ2n) is 3.71. The number of aryl methyl sites for hydroxylation is 1. The van der Waals surface area contributed by atoms with Gasteiger partial charge in [-0.3, -0.25) is 0 Å². The van der Waals surface area contributed by atoms with Gasteiger partial charge in [-0.2, -0.15) is 0 Å². The van der Waals surface area contributed by atoms with Gasteiger partial charge in [0.25, 0.3) is 0 Å². The summed E-state index contributed by atoms with van der Waals surface area (Å²) in [4.78, 5) is 2.85. The predicted molar refractivity (Wildman–Crippen MR) is 69.5 cm³/mol. The molecule has 0 aliphatic rings. The van der Waals surface area contributed by atoms with Crippen LogP contribution in [0.15, 0.2) is 36.4 Å². The molecule has 0 spiro atoms. The van der Waals surface area contributed by atoms with Crippen LogP contribution in [0.3, 0.4) is 0 Å². The number of rotatable bonds is 4. The molecule has 0 saturated carbocycles. The van der Waals surface area contributed by atoms with Crippen LogP contribution in [0.4, 0.5) is 0 Å². The summed E-state index contributed by atoms with van der Waals surface area (Å²) in [5.41, 5.74) is 1.26. The number of methoxy groups -OCH3 is 1. The lowest BCUT2D eigenvalue weighted by Gasteiger charge is -2.06. The Balaban J connectivity index is 2.19. The Labute approximate surface area is 101 Å². The van der Waals surface area contributed by atoms with E-state index in [1.54, 1.807) is 7.11 Å². The largest absolute Gasteiger partial charge is 0.496 e. The molecule has 0 fully saturated rings. The number of para-hydroxylation sites is 1. The molecule has 0 aliphatic carbocycles. The zero-order valence-electron chi connectivity index (χ0n) is 9.69. The Morgan fingerprint density at radius 2 is 1.81 bits per heavy atom. The van der Waals surface area contributed by atoms with E-state index in [1.807, 2.05) is 23.5 Å². The monoisotopic (exact) mass is 232 g/mol. The van der Waals surface area contributed by atoms with Gasteiger partial charge in [-0.25, -0.2) is 0 Å². The smallest absolute Gasteiger partial charge is 0.122 e. The first-order valence-corrected chi connectivity index (χ1v) is 6.34. The fraction of sp³-hybridized carbons (Fsp3) is 0.286. The molecule has 0 radical (unpaired) electrons. The van der Waals surface area contributed by atoms with Crippen molar-refractivity contribution in [2.45, 2.75) is 19.8 Å². The average Bonchev–Trinajstić information content (AvgIpc) is 2.77. The zero-order chi connectivity index (χ0) is 11.4. The van der Waals surface area contributed by atoms with E-state index in [4.69, 9.17) is 4.74 Å². The Kier molecular flexibility index (Phi) is 3.62. The molecule has 0 unspecified atom stereocenters. The maximum atomic E-state index is 5.36. The molecule has 2 rings (SSSR count). The van der Waals surface area contributed by atoms with Crippen molar-refractivity contribution in [2.24, 2.45) is 0 Å². The van der Waals surface area contributed by atoms with Gasteiger partial charge < -0.3 is 4.74 Å². The first kappa shape index (κ1) is 11.2. The Bertz CT molecular complexity index is 459. The molecule has 1 aromatic carbocycles. The van der Waals surface area contributed by atoms with E-state index < -0.39 is 0 Å². The zero-order valence-corrected chi connectivity index (χ0v) is 10.5. The minimum atomic E-state index is 0.967. The molecule has 2 aromatic rings. The van der Waals surface area contributed by atoms with E-state index in [1.165, 1.54) is 15.3 Å². The average molecular weight is 232 g/mol. The van der Waals surface area contributed by atoms with Gasteiger partial charge in [-0.1, -0.05) is 25.1 Å². The summed E-state index contributed by atoms with van der Waals surface area (Å²) in [6, 6.07) is 12.7. The van der Waals surface area contributed by atoms with Crippen molar-refractivity contribution in [2.75, 3.05) is 7.11 Å². The summed E-state index contributed by atoms with van der Waals surface area (Å²) in [6.45, 7) is 2.19. The number of benzene rings is 1. The molecule has 0 bridgehead atoms. The number of ether oxygens (including phenoxy) is 1. The van der Waals surface area contributed by atoms with Gasteiger partial charge in [0.05, 0.1) is 7.11 Å². The molecule has 16 heavy (non-hydrogen) atoms. The summed E-state index contributed by atoms with van der Waals surface area (Å²) in [6.07, 6.45) is 2.09. The highest BCUT2D eigenvalue weighted by Gasteiger charge is 2.04. The molecule has 0 amide bonds. The molecular weight excluding hydrogens is 216 g/mol. The van der Waals surface area contributed by atoms with Crippen molar-refractivity contribution in [1.29, 1.82) is 0 Å². The summed E-state index contributed by atoms with van der Waals surface area (Å²) in [7, 11) is 1.73. The second kappa shape index (κ2) is 5.17. The molecule has 0 saturated heterocycles. The summed E-state index contributed by atoms with van der Waals surface area (Å²) in [5.74, 6) is 0.981. The Hall–Kier alpha value is -1.28. The molecule has 1 aromatic heterocycles. The standard InChI is InChI=1S/C14H16OS/c1-3-12-8-9-13(16-12)10-11-6-4-5-7-14(11)15-2/h4-9H,3,10H2,1-2H3. The van der Waals surface area contributed by atoms with Crippen molar-refractivity contribution in [1.82, 2.24) is 0 Å². The minimum Gasteiger partial charge on any atom is -0.496 e. The van der Waals surface area contributed by atoms with Crippen LogP contribution in [0.5, 0.6) is 5.75 Å². The van der Waals surface area contributed by atoms with E-state index in [9.17, 15) is 0 Å². The second-order valence-corrected chi connectivity index (χ2v) is 4.96. The quantitative estimate of drug-likeness (QED) is 0.776. The molecular formula is C14H16OS. The van der Waals surface area contributed by atoms with Crippen LogP contribution in [-0.2, 0) is 12.8 Å². The first-order chi connectivity index (χ1) is 7.83. The van der Waals surface area contributed by atoms with Gasteiger partial charge in [-0.05, 0) is 30.2 Å². The van der Waals surface area contributed by atoms with Crippen molar-refractivity contribution >= 4 is 11.3 Å². The van der Waals surface area contributed by atoms with Gasteiger partial charge >= 0.3 is 0 Å². The Morgan fingerprint density at radius 3 is 2.50 bits per heavy atom. The van der Waals surface area contributed by atoms with Crippen LogP contribution < -0.4 is 4.74 Å². The van der Waals surface area contributed by atoms with Gasteiger partial charge in [-0.15, -0.1) is 11.3 Å². The van der Waals surface area contributed by atoms with Crippen LogP contribution in [0.2, 0.25) is 0 Å². The summed E-state index contributed by atoms with van der Waals surface area (Å²) in [5, 5.41) is 0. The van der Waals surface area contributed by atoms with E-state index in [0.717, 1.165) is 18.6 Å². The lowest BCUT2D eigenvalue weighted by molar-refractivity contribution is 0.410. The lowest BCUT2D eigenvalue weighted by atomic mass is 10.1. The fourth-order valence-corrected chi connectivity index (χ4v) is 2.73. The molecule has 84 valence electrons. The molecule has 0 N–H and O–H groups in total. The maximum absolute atomic E-state index is 5.36. The topological polar surface area (TPSA) is 9.23 Å². The third-order valence-electron chi connectivity index (χ3n) is 2.62. The number of hydrogen-bond donors (Lipinski definition) is 0. The highest BCUT2D eigenvalue weighted by molar-refractivity contribution is 7.12. The number of hydrogen-bond acceptors (Lipinski definition) is 2. The first-order valence-electron chi connectivity index (χ1n) is 5.53. The van der Waals surface area contributed by atoms with Crippen LogP contribution in [0, 0.1) is 0 Å². The third kappa shape index (κ3) is 2.45.